The molecule has 0 N–H and O–H groups in total. The van der Waals surface area contributed by atoms with Crippen LogP contribution in [0.1, 0.15) is 22.1 Å². The molecule has 0 aliphatic carbocycles. The lowest BCUT2D eigenvalue weighted by Gasteiger charge is -2.14. The first kappa shape index (κ1) is 14.6. The molecule has 0 aliphatic rings. The number of alkyl halides is 1. The Morgan fingerprint density at radius 3 is 2.26 bits per heavy atom. The van der Waals surface area contributed by atoms with E-state index in [4.69, 9.17) is 34.8 Å². The van der Waals surface area contributed by atoms with Crippen molar-refractivity contribution in [3.8, 4) is 0 Å². The second kappa shape index (κ2) is 5.66. The van der Waals surface area contributed by atoms with Gasteiger partial charge in [-0.15, -0.1) is 11.6 Å². The SMILES string of the molecule is Cc1cc(F)c(C(Cl)c2ccc(Cl)cc2Cl)cc1F. The molecule has 0 spiro atoms. The smallest absolute Gasteiger partial charge is 0.128 e. The first-order valence-electron chi connectivity index (χ1n) is 5.44. The van der Waals surface area contributed by atoms with Gasteiger partial charge in [-0.05, 0) is 42.3 Å². The summed E-state index contributed by atoms with van der Waals surface area (Å²) in [6.07, 6.45) is 0. The fourth-order valence-corrected chi connectivity index (χ4v) is 2.66. The molecule has 5 heteroatoms. The molecule has 0 fully saturated rings. The van der Waals surface area contributed by atoms with Crippen molar-refractivity contribution in [2.75, 3.05) is 0 Å². The van der Waals surface area contributed by atoms with Gasteiger partial charge in [0, 0.05) is 15.6 Å². The molecule has 1 unspecified atom stereocenters. The second-order valence-corrected chi connectivity index (χ2v) is 5.43. The van der Waals surface area contributed by atoms with E-state index in [1.165, 1.54) is 13.0 Å². The number of hydrogen-bond donors (Lipinski definition) is 0. The maximum atomic E-state index is 13.9. The average Bonchev–Trinajstić information content (AvgIpc) is 2.33. The molecule has 0 amide bonds. The minimum atomic E-state index is -0.875. The third-order valence-electron chi connectivity index (χ3n) is 2.79. The quantitative estimate of drug-likeness (QED) is 0.603. The van der Waals surface area contributed by atoms with Gasteiger partial charge in [0.05, 0.1) is 5.38 Å². The zero-order chi connectivity index (χ0) is 14.2. The Morgan fingerprint density at radius 1 is 0.947 bits per heavy atom. The van der Waals surface area contributed by atoms with Crippen molar-refractivity contribution in [2.45, 2.75) is 12.3 Å². The van der Waals surface area contributed by atoms with E-state index < -0.39 is 17.0 Å². The van der Waals surface area contributed by atoms with Crippen molar-refractivity contribution in [3.63, 3.8) is 0 Å². The number of halogens is 5. The summed E-state index contributed by atoms with van der Waals surface area (Å²) in [6.45, 7) is 1.49. The Balaban J connectivity index is 2.49. The van der Waals surface area contributed by atoms with E-state index in [0.717, 1.165) is 12.1 Å². The molecule has 19 heavy (non-hydrogen) atoms. The summed E-state index contributed by atoms with van der Waals surface area (Å²) in [6, 6.07) is 6.91. The van der Waals surface area contributed by atoms with Crippen LogP contribution in [0, 0.1) is 18.6 Å². The molecular formula is C14H9Cl3F2. The number of hydrogen-bond acceptors (Lipinski definition) is 0. The molecule has 1 atom stereocenters. The fourth-order valence-electron chi connectivity index (χ4n) is 1.73. The average molecular weight is 322 g/mol. The summed E-state index contributed by atoms with van der Waals surface area (Å²) in [5.41, 5.74) is 0.760. The van der Waals surface area contributed by atoms with Gasteiger partial charge >= 0.3 is 0 Å². The Morgan fingerprint density at radius 2 is 1.63 bits per heavy atom. The lowest BCUT2D eigenvalue weighted by molar-refractivity contribution is 0.580. The lowest BCUT2D eigenvalue weighted by atomic mass is 10.0. The predicted octanol–water partition coefficient (Wildman–Crippen LogP) is 5.91. The summed E-state index contributed by atoms with van der Waals surface area (Å²) in [7, 11) is 0. The van der Waals surface area contributed by atoms with E-state index in [2.05, 4.69) is 0 Å². The van der Waals surface area contributed by atoms with Gasteiger partial charge in [0.15, 0.2) is 0 Å². The number of rotatable bonds is 2. The Bertz CT molecular complexity index is 626. The standard InChI is InChI=1S/C14H9Cl3F2/c1-7-4-13(19)10(6-12(7)18)14(17)9-3-2-8(15)5-11(9)16/h2-6,14H,1H3. The van der Waals surface area contributed by atoms with Gasteiger partial charge < -0.3 is 0 Å². The topological polar surface area (TPSA) is 0 Å². The molecule has 2 aromatic rings. The third-order valence-corrected chi connectivity index (χ3v) is 3.82. The van der Waals surface area contributed by atoms with Gasteiger partial charge in [-0.2, -0.15) is 0 Å². The van der Waals surface area contributed by atoms with Crippen LogP contribution in [0.4, 0.5) is 8.78 Å². The molecule has 0 aromatic heterocycles. The summed E-state index contributed by atoms with van der Waals surface area (Å²) in [5, 5.41) is -0.110. The monoisotopic (exact) mass is 320 g/mol. The zero-order valence-electron chi connectivity index (χ0n) is 9.85. The highest BCUT2D eigenvalue weighted by Gasteiger charge is 2.19. The van der Waals surface area contributed by atoms with Crippen molar-refractivity contribution in [1.82, 2.24) is 0 Å². The van der Waals surface area contributed by atoms with Gasteiger partial charge in [-0.1, -0.05) is 29.3 Å². The number of aryl methyl sites for hydroxylation is 1. The van der Waals surface area contributed by atoms with Crippen LogP contribution in [0.2, 0.25) is 10.0 Å². The van der Waals surface area contributed by atoms with Crippen LogP contribution in [-0.4, -0.2) is 0 Å². The fraction of sp³-hybridized carbons (Fsp3) is 0.143. The van der Waals surface area contributed by atoms with Crippen LogP contribution in [0.15, 0.2) is 30.3 Å². The van der Waals surface area contributed by atoms with E-state index in [9.17, 15) is 8.78 Å². The van der Waals surface area contributed by atoms with Crippen LogP contribution in [-0.2, 0) is 0 Å². The van der Waals surface area contributed by atoms with Gasteiger partial charge in [-0.3, -0.25) is 0 Å². The van der Waals surface area contributed by atoms with E-state index in [1.807, 2.05) is 0 Å². The van der Waals surface area contributed by atoms with E-state index in [0.29, 0.717) is 15.6 Å². The van der Waals surface area contributed by atoms with Crippen LogP contribution in [0.25, 0.3) is 0 Å². The summed E-state index contributed by atoms with van der Waals surface area (Å²) in [5.74, 6) is -1.07. The van der Waals surface area contributed by atoms with Gasteiger partial charge in [0.25, 0.3) is 0 Å². The largest absolute Gasteiger partial charge is 0.207 e. The highest BCUT2D eigenvalue weighted by atomic mass is 35.5. The minimum absolute atomic E-state index is 0.0500. The van der Waals surface area contributed by atoms with Crippen LogP contribution in [0.3, 0.4) is 0 Å². The Kier molecular flexibility index (Phi) is 4.34. The van der Waals surface area contributed by atoms with Crippen LogP contribution < -0.4 is 0 Å². The molecule has 100 valence electrons. The third kappa shape index (κ3) is 3.02. The highest BCUT2D eigenvalue weighted by Crippen LogP contribution is 2.36. The first-order valence-corrected chi connectivity index (χ1v) is 6.64. The van der Waals surface area contributed by atoms with E-state index in [1.54, 1.807) is 12.1 Å². The summed E-state index contributed by atoms with van der Waals surface area (Å²) >= 11 is 18.0. The van der Waals surface area contributed by atoms with Crippen molar-refractivity contribution < 1.29 is 8.78 Å². The molecule has 0 radical (unpaired) electrons. The molecule has 0 saturated heterocycles. The van der Waals surface area contributed by atoms with Gasteiger partial charge in [0.1, 0.15) is 11.6 Å². The van der Waals surface area contributed by atoms with Crippen LogP contribution in [0.5, 0.6) is 0 Å². The molecule has 2 aromatic carbocycles. The normalized spacial score (nSPS) is 12.5. The molecule has 0 saturated carbocycles. The van der Waals surface area contributed by atoms with Crippen molar-refractivity contribution in [3.05, 3.63) is 68.7 Å². The maximum absolute atomic E-state index is 13.9. The maximum Gasteiger partial charge on any atom is 0.128 e. The molecular weight excluding hydrogens is 313 g/mol. The van der Waals surface area contributed by atoms with Gasteiger partial charge in [-0.25, -0.2) is 8.78 Å². The van der Waals surface area contributed by atoms with Crippen molar-refractivity contribution >= 4 is 34.8 Å². The zero-order valence-corrected chi connectivity index (χ0v) is 12.1. The van der Waals surface area contributed by atoms with Crippen molar-refractivity contribution in [2.24, 2.45) is 0 Å². The van der Waals surface area contributed by atoms with Crippen LogP contribution >= 0.6 is 34.8 Å². The molecule has 0 nitrogen and oxygen atoms in total. The predicted molar refractivity (Wildman–Crippen MR) is 75.3 cm³/mol. The van der Waals surface area contributed by atoms with Gasteiger partial charge in [0.2, 0.25) is 0 Å². The highest BCUT2D eigenvalue weighted by molar-refractivity contribution is 6.36. The Labute approximate surface area is 124 Å². The molecule has 0 bridgehead atoms. The lowest BCUT2D eigenvalue weighted by Crippen LogP contribution is -2.00. The first-order chi connectivity index (χ1) is 8.90. The van der Waals surface area contributed by atoms with E-state index >= 15 is 0 Å². The number of benzene rings is 2. The molecule has 0 aliphatic heterocycles. The van der Waals surface area contributed by atoms with E-state index in [-0.39, 0.29) is 11.1 Å². The summed E-state index contributed by atoms with van der Waals surface area (Å²) in [4.78, 5) is 0. The van der Waals surface area contributed by atoms with Crippen molar-refractivity contribution in [1.29, 1.82) is 0 Å². The summed E-state index contributed by atoms with van der Waals surface area (Å²) < 4.78 is 27.4. The minimum Gasteiger partial charge on any atom is -0.207 e. The molecule has 0 heterocycles. The Hall–Kier alpha value is -0.830. The second-order valence-electron chi connectivity index (χ2n) is 4.15. The molecule has 2 rings (SSSR count).